The standard InChI is InChI=1S/C15H20N2O3/c1-15(2,3)20-14(19)17(4)10-13(18)12-7-5-11(9-16)6-8-12/h5-8,13,18H,10H2,1-4H3. The number of nitriles is 1. The van der Waals surface area contributed by atoms with E-state index in [9.17, 15) is 9.90 Å². The van der Waals surface area contributed by atoms with Crippen LogP contribution >= 0.6 is 0 Å². The molecule has 1 rings (SSSR count). The van der Waals surface area contributed by atoms with E-state index in [-0.39, 0.29) is 6.54 Å². The van der Waals surface area contributed by atoms with Crippen molar-refractivity contribution in [2.75, 3.05) is 13.6 Å². The minimum Gasteiger partial charge on any atom is -0.444 e. The van der Waals surface area contributed by atoms with Gasteiger partial charge in [-0.3, -0.25) is 0 Å². The Morgan fingerprint density at radius 1 is 1.40 bits per heavy atom. The van der Waals surface area contributed by atoms with Gasteiger partial charge in [0, 0.05) is 7.05 Å². The first-order chi connectivity index (χ1) is 9.23. The minimum atomic E-state index is -0.819. The third kappa shape index (κ3) is 4.90. The Hall–Kier alpha value is -2.06. The highest BCUT2D eigenvalue weighted by Gasteiger charge is 2.21. The molecule has 108 valence electrons. The zero-order valence-corrected chi connectivity index (χ0v) is 12.3. The number of rotatable bonds is 3. The first-order valence-electron chi connectivity index (χ1n) is 6.35. The number of nitrogens with zero attached hydrogens (tertiary/aromatic N) is 2. The van der Waals surface area contributed by atoms with Crippen molar-refractivity contribution in [3.8, 4) is 6.07 Å². The smallest absolute Gasteiger partial charge is 0.410 e. The highest BCUT2D eigenvalue weighted by atomic mass is 16.6. The molecular weight excluding hydrogens is 256 g/mol. The van der Waals surface area contributed by atoms with E-state index in [2.05, 4.69) is 0 Å². The lowest BCUT2D eigenvalue weighted by Gasteiger charge is -2.26. The van der Waals surface area contributed by atoms with Crippen molar-refractivity contribution >= 4 is 6.09 Å². The Bertz CT molecular complexity index is 497. The molecule has 0 spiro atoms. The van der Waals surface area contributed by atoms with Gasteiger partial charge in [-0.2, -0.15) is 5.26 Å². The Morgan fingerprint density at radius 3 is 2.40 bits per heavy atom. The fourth-order valence-corrected chi connectivity index (χ4v) is 1.56. The van der Waals surface area contributed by atoms with Gasteiger partial charge in [0.1, 0.15) is 5.60 Å². The van der Waals surface area contributed by atoms with Crippen LogP contribution in [-0.4, -0.2) is 35.3 Å². The topological polar surface area (TPSA) is 73.6 Å². The number of hydrogen-bond donors (Lipinski definition) is 1. The Morgan fingerprint density at radius 2 is 1.95 bits per heavy atom. The fourth-order valence-electron chi connectivity index (χ4n) is 1.56. The Balaban J connectivity index is 2.63. The van der Waals surface area contributed by atoms with E-state index in [1.165, 1.54) is 4.90 Å². The molecule has 1 amide bonds. The average Bonchev–Trinajstić information content (AvgIpc) is 2.36. The number of ether oxygens (including phenoxy) is 1. The van der Waals surface area contributed by atoms with Crippen molar-refractivity contribution in [1.29, 1.82) is 5.26 Å². The van der Waals surface area contributed by atoms with Crippen LogP contribution in [0.15, 0.2) is 24.3 Å². The summed E-state index contributed by atoms with van der Waals surface area (Å²) < 4.78 is 5.21. The second kappa shape index (κ2) is 6.40. The predicted molar refractivity (Wildman–Crippen MR) is 75.0 cm³/mol. The molecule has 0 aliphatic carbocycles. The number of carbonyl (C=O) groups is 1. The normalized spacial score (nSPS) is 12.4. The van der Waals surface area contributed by atoms with Crippen molar-refractivity contribution in [1.82, 2.24) is 4.90 Å². The van der Waals surface area contributed by atoms with Crippen molar-refractivity contribution in [2.24, 2.45) is 0 Å². The second-order valence-corrected chi connectivity index (χ2v) is 5.61. The molecule has 0 bridgehead atoms. The van der Waals surface area contributed by atoms with Crippen LogP contribution in [0, 0.1) is 11.3 Å². The molecular formula is C15H20N2O3. The van der Waals surface area contributed by atoms with E-state index < -0.39 is 17.8 Å². The number of aliphatic hydroxyl groups excluding tert-OH is 1. The van der Waals surface area contributed by atoms with Gasteiger partial charge in [0.15, 0.2) is 0 Å². The van der Waals surface area contributed by atoms with Crippen LogP contribution in [0.5, 0.6) is 0 Å². The molecule has 0 saturated heterocycles. The molecule has 0 aliphatic heterocycles. The van der Waals surface area contributed by atoms with Crippen molar-refractivity contribution in [3.05, 3.63) is 35.4 Å². The molecule has 5 nitrogen and oxygen atoms in total. The molecule has 0 radical (unpaired) electrons. The molecule has 0 aliphatic rings. The summed E-state index contributed by atoms with van der Waals surface area (Å²) in [7, 11) is 1.57. The van der Waals surface area contributed by atoms with E-state index in [4.69, 9.17) is 10.00 Å². The maximum Gasteiger partial charge on any atom is 0.410 e. The largest absolute Gasteiger partial charge is 0.444 e. The van der Waals surface area contributed by atoms with E-state index >= 15 is 0 Å². The summed E-state index contributed by atoms with van der Waals surface area (Å²) in [6.07, 6.45) is -1.30. The number of benzene rings is 1. The number of amides is 1. The molecule has 1 aromatic carbocycles. The Kier molecular flexibility index (Phi) is 5.12. The summed E-state index contributed by atoms with van der Waals surface area (Å²) in [6, 6.07) is 8.62. The predicted octanol–water partition coefficient (Wildman–Crippen LogP) is 2.46. The summed E-state index contributed by atoms with van der Waals surface area (Å²) in [4.78, 5) is 13.1. The van der Waals surface area contributed by atoms with Crippen molar-refractivity contribution in [3.63, 3.8) is 0 Å². The third-order valence-electron chi connectivity index (χ3n) is 2.58. The summed E-state index contributed by atoms with van der Waals surface area (Å²) in [5, 5.41) is 18.8. The van der Waals surface area contributed by atoms with Gasteiger partial charge >= 0.3 is 6.09 Å². The SMILES string of the molecule is CN(CC(O)c1ccc(C#N)cc1)C(=O)OC(C)(C)C. The molecule has 5 heteroatoms. The number of hydrogen-bond acceptors (Lipinski definition) is 4. The second-order valence-electron chi connectivity index (χ2n) is 5.61. The van der Waals surface area contributed by atoms with Gasteiger partial charge in [0.05, 0.1) is 24.3 Å². The van der Waals surface area contributed by atoms with E-state index in [1.807, 2.05) is 6.07 Å². The van der Waals surface area contributed by atoms with Gasteiger partial charge in [0.25, 0.3) is 0 Å². The lowest BCUT2D eigenvalue weighted by molar-refractivity contribution is 0.0205. The highest BCUT2D eigenvalue weighted by molar-refractivity contribution is 5.67. The average molecular weight is 276 g/mol. The highest BCUT2D eigenvalue weighted by Crippen LogP contribution is 2.16. The fraction of sp³-hybridized carbons (Fsp3) is 0.467. The van der Waals surface area contributed by atoms with Crippen LogP contribution in [0.4, 0.5) is 4.79 Å². The zero-order valence-electron chi connectivity index (χ0n) is 12.3. The third-order valence-corrected chi connectivity index (χ3v) is 2.58. The lowest BCUT2D eigenvalue weighted by atomic mass is 10.1. The maximum absolute atomic E-state index is 11.8. The molecule has 20 heavy (non-hydrogen) atoms. The lowest BCUT2D eigenvalue weighted by Crippen LogP contribution is -2.36. The van der Waals surface area contributed by atoms with Crippen molar-refractivity contribution in [2.45, 2.75) is 32.5 Å². The first-order valence-corrected chi connectivity index (χ1v) is 6.35. The van der Waals surface area contributed by atoms with Crippen molar-refractivity contribution < 1.29 is 14.6 Å². The molecule has 0 aromatic heterocycles. The number of likely N-dealkylation sites (N-methyl/N-ethyl adjacent to an activating group) is 1. The summed E-state index contributed by atoms with van der Waals surface area (Å²) in [5.74, 6) is 0. The van der Waals surface area contributed by atoms with Gasteiger partial charge < -0.3 is 14.7 Å². The van der Waals surface area contributed by atoms with Gasteiger partial charge in [-0.25, -0.2) is 4.79 Å². The molecule has 0 heterocycles. The first kappa shape index (κ1) is 16.0. The van der Waals surface area contributed by atoms with Crippen LogP contribution in [0.3, 0.4) is 0 Å². The number of carbonyl (C=O) groups excluding carboxylic acids is 1. The summed E-state index contributed by atoms with van der Waals surface area (Å²) >= 11 is 0. The maximum atomic E-state index is 11.8. The molecule has 1 aromatic rings. The minimum absolute atomic E-state index is 0.126. The molecule has 0 fully saturated rings. The molecule has 1 atom stereocenters. The van der Waals surface area contributed by atoms with Gasteiger partial charge in [0.2, 0.25) is 0 Å². The van der Waals surface area contributed by atoms with E-state index in [0.717, 1.165) is 0 Å². The van der Waals surface area contributed by atoms with E-state index in [0.29, 0.717) is 11.1 Å². The molecule has 0 saturated carbocycles. The van der Waals surface area contributed by atoms with Gasteiger partial charge in [-0.15, -0.1) is 0 Å². The summed E-state index contributed by atoms with van der Waals surface area (Å²) in [5.41, 5.74) is 0.617. The Labute approximate surface area is 119 Å². The summed E-state index contributed by atoms with van der Waals surface area (Å²) in [6.45, 7) is 5.49. The van der Waals surface area contributed by atoms with Gasteiger partial charge in [-0.05, 0) is 38.5 Å². The van der Waals surface area contributed by atoms with Crippen LogP contribution in [-0.2, 0) is 4.74 Å². The molecule has 1 unspecified atom stereocenters. The van der Waals surface area contributed by atoms with Crippen LogP contribution in [0.25, 0.3) is 0 Å². The van der Waals surface area contributed by atoms with Gasteiger partial charge in [-0.1, -0.05) is 12.1 Å². The molecule has 1 N–H and O–H groups in total. The number of aliphatic hydroxyl groups is 1. The van der Waals surface area contributed by atoms with Crippen LogP contribution in [0.2, 0.25) is 0 Å². The van der Waals surface area contributed by atoms with Crippen LogP contribution in [0.1, 0.15) is 38.0 Å². The zero-order chi connectivity index (χ0) is 15.3. The van der Waals surface area contributed by atoms with Crippen LogP contribution < -0.4 is 0 Å². The monoisotopic (exact) mass is 276 g/mol. The quantitative estimate of drug-likeness (QED) is 0.920. The van der Waals surface area contributed by atoms with E-state index in [1.54, 1.807) is 52.1 Å².